The zero-order chi connectivity index (χ0) is 17.6. The van der Waals surface area contributed by atoms with Crippen molar-refractivity contribution in [1.29, 1.82) is 0 Å². The van der Waals surface area contributed by atoms with E-state index in [4.69, 9.17) is 4.74 Å². The maximum atomic E-state index is 12.0. The summed E-state index contributed by atoms with van der Waals surface area (Å²) in [4.78, 5) is 36.2. The van der Waals surface area contributed by atoms with E-state index in [9.17, 15) is 9.59 Å². The van der Waals surface area contributed by atoms with E-state index in [0.29, 0.717) is 24.9 Å². The molecule has 4 heterocycles. The summed E-state index contributed by atoms with van der Waals surface area (Å²) in [6.07, 6.45) is 2.59. The van der Waals surface area contributed by atoms with Crippen LogP contribution in [0, 0.1) is 11.8 Å². The molecule has 0 spiro atoms. The van der Waals surface area contributed by atoms with Gasteiger partial charge in [0.1, 0.15) is 5.82 Å². The van der Waals surface area contributed by atoms with Crippen LogP contribution in [0.4, 0.5) is 11.8 Å². The van der Waals surface area contributed by atoms with Gasteiger partial charge in [0, 0.05) is 39.2 Å². The lowest BCUT2D eigenvalue weighted by molar-refractivity contribution is -0.132. The molecule has 134 valence electrons. The number of nitrogens with zero attached hydrogens (tertiary/aromatic N) is 4. The number of hydrogen-bond acceptors (Lipinski definition) is 7. The van der Waals surface area contributed by atoms with Gasteiger partial charge in [-0.2, -0.15) is 4.98 Å². The van der Waals surface area contributed by atoms with Crippen molar-refractivity contribution in [1.82, 2.24) is 14.9 Å². The molecule has 0 aromatic carbocycles. The Labute approximate surface area is 146 Å². The monoisotopic (exact) mass is 345 g/mol. The molecule has 1 aromatic heterocycles. The summed E-state index contributed by atoms with van der Waals surface area (Å²) in [6.45, 7) is 4.76. The van der Waals surface area contributed by atoms with Gasteiger partial charge in [-0.3, -0.25) is 4.79 Å². The Balaban J connectivity index is 1.52. The van der Waals surface area contributed by atoms with Gasteiger partial charge in [-0.25, -0.2) is 9.78 Å². The molecule has 1 aromatic rings. The van der Waals surface area contributed by atoms with Crippen molar-refractivity contribution in [3.63, 3.8) is 0 Å². The number of nitrogens with one attached hydrogen (secondary N) is 1. The minimum atomic E-state index is -0.465. The van der Waals surface area contributed by atoms with E-state index in [0.717, 1.165) is 24.9 Å². The van der Waals surface area contributed by atoms with Gasteiger partial charge in [-0.05, 0) is 24.7 Å². The molecule has 8 heteroatoms. The largest absolute Gasteiger partial charge is 0.464 e. The lowest BCUT2D eigenvalue weighted by Gasteiger charge is -2.47. The SMILES string of the molecule is COC(=O)c1cc(NC2CN(C(C)=O)C2)nc(N2CC3CC(C3)C2)n1. The summed E-state index contributed by atoms with van der Waals surface area (Å²) >= 11 is 0. The molecule has 3 aliphatic heterocycles. The molecule has 1 saturated carbocycles. The topological polar surface area (TPSA) is 87.7 Å². The highest BCUT2D eigenvalue weighted by molar-refractivity contribution is 5.88. The Hall–Kier alpha value is -2.38. The molecular weight excluding hydrogens is 322 g/mol. The van der Waals surface area contributed by atoms with Gasteiger partial charge in [0.05, 0.1) is 13.2 Å². The number of ether oxygens (including phenoxy) is 1. The highest BCUT2D eigenvalue weighted by atomic mass is 16.5. The third-order valence-corrected chi connectivity index (χ3v) is 5.36. The first-order chi connectivity index (χ1) is 12.0. The van der Waals surface area contributed by atoms with E-state index in [2.05, 4.69) is 20.2 Å². The number of methoxy groups -OCH3 is 1. The minimum absolute atomic E-state index is 0.0734. The summed E-state index contributed by atoms with van der Waals surface area (Å²) < 4.78 is 4.83. The van der Waals surface area contributed by atoms with E-state index in [1.54, 1.807) is 17.9 Å². The first-order valence-electron chi connectivity index (χ1n) is 8.76. The van der Waals surface area contributed by atoms with Crippen molar-refractivity contribution >= 4 is 23.6 Å². The molecule has 0 radical (unpaired) electrons. The van der Waals surface area contributed by atoms with Crippen LogP contribution in [0.2, 0.25) is 0 Å². The van der Waals surface area contributed by atoms with Crippen molar-refractivity contribution in [2.75, 3.05) is 43.5 Å². The molecule has 1 amide bonds. The fourth-order valence-corrected chi connectivity index (χ4v) is 3.93. The predicted molar refractivity (Wildman–Crippen MR) is 91.5 cm³/mol. The first kappa shape index (κ1) is 16.1. The number of amides is 1. The van der Waals surface area contributed by atoms with E-state index in [1.165, 1.54) is 20.0 Å². The second-order valence-electron chi connectivity index (χ2n) is 7.30. The van der Waals surface area contributed by atoms with Crippen LogP contribution >= 0.6 is 0 Å². The van der Waals surface area contributed by atoms with Gasteiger partial charge in [0.25, 0.3) is 0 Å². The summed E-state index contributed by atoms with van der Waals surface area (Å²) in [5, 5.41) is 3.31. The predicted octanol–water partition coefficient (Wildman–Crippen LogP) is 0.752. The Morgan fingerprint density at radius 1 is 1.16 bits per heavy atom. The van der Waals surface area contributed by atoms with Crippen LogP contribution in [0.25, 0.3) is 0 Å². The zero-order valence-corrected chi connectivity index (χ0v) is 14.6. The summed E-state index contributed by atoms with van der Waals surface area (Å²) in [7, 11) is 1.35. The van der Waals surface area contributed by atoms with Gasteiger partial charge < -0.3 is 19.9 Å². The van der Waals surface area contributed by atoms with Crippen LogP contribution in [0.15, 0.2) is 6.07 Å². The third-order valence-electron chi connectivity index (χ3n) is 5.36. The molecule has 25 heavy (non-hydrogen) atoms. The number of carbonyl (C=O) groups excluding carboxylic acids is 2. The van der Waals surface area contributed by atoms with Crippen LogP contribution < -0.4 is 10.2 Å². The van der Waals surface area contributed by atoms with Gasteiger partial charge in [0.2, 0.25) is 11.9 Å². The number of esters is 1. The summed E-state index contributed by atoms with van der Waals surface area (Å²) in [5.74, 6) is 2.24. The van der Waals surface area contributed by atoms with Crippen molar-refractivity contribution in [2.45, 2.75) is 25.8 Å². The molecule has 1 N–H and O–H groups in total. The number of carbonyl (C=O) groups is 2. The number of hydrogen-bond donors (Lipinski definition) is 1. The number of aromatic nitrogens is 2. The van der Waals surface area contributed by atoms with Crippen LogP contribution in [-0.4, -0.2) is 66.1 Å². The molecule has 5 rings (SSSR count). The second kappa shape index (κ2) is 6.16. The second-order valence-corrected chi connectivity index (χ2v) is 7.30. The standard InChI is InChI=1S/C17H23N5O3/c1-10(23)21-8-13(9-21)18-15-5-14(16(24)25-2)19-17(20-15)22-6-11-3-12(4-11)7-22/h5,11-13H,3-4,6-9H2,1-2H3,(H,18,19,20). The third kappa shape index (κ3) is 3.12. The van der Waals surface area contributed by atoms with Crippen LogP contribution in [0.1, 0.15) is 30.3 Å². The quantitative estimate of drug-likeness (QED) is 0.806. The maximum Gasteiger partial charge on any atom is 0.356 e. The highest BCUT2D eigenvalue weighted by Gasteiger charge is 2.38. The molecule has 8 nitrogen and oxygen atoms in total. The smallest absolute Gasteiger partial charge is 0.356 e. The van der Waals surface area contributed by atoms with E-state index < -0.39 is 5.97 Å². The normalized spacial score (nSPS) is 25.0. The van der Waals surface area contributed by atoms with Crippen LogP contribution in [0.3, 0.4) is 0 Å². The molecule has 0 unspecified atom stereocenters. The molecule has 4 aliphatic rings. The van der Waals surface area contributed by atoms with Crippen molar-refractivity contribution in [2.24, 2.45) is 11.8 Å². The average molecular weight is 345 g/mol. The highest BCUT2D eigenvalue weighted by Crippen LogP contribution is 2.40. The summed E-state index contributed by atoms with van der Waals surface area (Å²) in [6, 6.07) is 1.77. The number of fused-ring (bicyclic) bond motifs is 2. The molecule has 4 fully saturated rings. The van der Waals surface area contributed by atoms with Gasteiger partial charge in [-0.15, -0.1) is 0 Å². The fraction of sp³-hybridized carbons (Fsp3) is 0.647. The number of rotatable bonds is 4. The number of piperidine rings is 2. The lowest BCUT2D eigenvalue weighted by atomic mass is 9.71. The van der Waals surface area contributed by atoms with E-state index in [1.807, 2.05) is 0 Å². The van der Waals surface area contributed by atoms with Crippen molar-refractivity contribution in [3.8, 4) is 0 Å². The fourth-order valence-electron chi connectivity index (χ4n) is 3.93. The molecule has 3 saturated heterocycles. The van der Waals surface area contributed by atoms with Gasteiger partial charge in [-0.1, -0.05) is 0 Å². The Kier molecular flexibility index (Phi) is 3.97. The molecule has 2 bridgehead atoms. The van der Waals surface area contributed by atoms with Gasteiger partial charge >= 0.3 is 5.97 Å². The van der Waals surface area contributed by atoms with E-state index in [-0.39, 0.29) is 17.6 Å². The Morgan fingerprint density at radius 3 is 2.44 bits per heavy atom. The Bertz CT molecular complexity index is 688. The molecule has 0 atom stereocenters. The van der Waals surface area contributed by atoms with Crippen LogP contribution in [0.5, 0.6) is 0 Å². The van der Waals surface area contributed by atoms with Crippen molar-refractivity contribution < 1.29 is 14.3 Å². The average Bonchev–Trinajstić information content (AvgIpc) is 2.56. The minimum Gasteiger partial charge on any atom is -0.464 e. The number of likely N-dealkylation sites (tertiary alicyclic amines) is 1. The van der Waals surface area contributed by atoms with Crippen LogP contribution in [-0.2, 0) is 9.53 Å². The zero-order valence-electron chi connectivity index (χ0n) is 14.6. The molecule has 1 aliphatic carbocycles. The lowest BCUT2D eigenvalue weighted by Crippen LogP contribution is -2.56. The first-order valence-corrected chi connectivity index (χ1v) is 8.76. The maximum absolute atomic E-state index is 12.0. The molecular formula is C17H23N5O3. The number of anilines is 2. The summed E-state index contributed by atoms with van der Waals surface area (Å²) in [5.41, 5.74) is 0.261. The van der Waals surface area contributed by atoms with Gasteiger partial charge in [0.15, 0.2) is 5.69 Å². The Morgan fingerprint density at radius 2 is 1.84 bits per heavy atom. The van der Waals surface area contributed by atoms with E-state index >= 15 is 0 Å². The van der Waals surface area contributed by atoms with Crippen molar-refractivity contribution in [3.05, 3.63) is 11.8 Å².